The van der Waals surface area contributed by atoms with E-state index in [1.165, 1.54) is 11.8 Å². The van der Waals surface area contributed by atoms with Gasteiger partial charge >= 0.3 is 0 Å². The monoisotopic (exact) mass is 300 g/mol. The average molecular weight is 300 g/mol. The molecule has 1 aromatic carbocycles. The molecule has 4 nitrogen and oxygen atoms in total. The van der Waals surface area contributed by atoms with Crippen molar-refractivity contribution in [3.8, 4) is 0 Å². The summed E-state index contributed by atoms with van der Waals surface area (Å²) in [5.74, 6) is 0.260. The maximum atomic E-state index is 12.5. The molecule has 0 radical (unpaired) electrons. The van der Waals surface area contributed by atoms with Crippen LogP contribution >= 0.6 is 11.8 Å². The Bertz CT molecular complexity index is 531. The maximum absolute atomic E-state index is 12.5. The number of rotatable bonds is 5. The average Bonchev–Trinajstić information content (AvgIpc) is 2.85. The van der Waals surface area contributed by atoms with Crippen LogP contribution in [0.3, 0.4) is 0 Å². The van der Waals surface area contributed by atoms with Crippen LogP contribution in [-0.2, 0) is 10.0 Å². The van der Waals surface area contributed by atoms with Crippen LogP contribution in [0.1, 0.15) is 19.3 Å². The quantitative estimate of drug-likeness (QED) is 0.814. The highest BCUT2D eigenvalue weighted by Crippen LogP contribution is 2.28. The summed E-state index contributed by atoms with van der Waals surface area (Å²) in [5.41, 5.74) is 5.70. The molecule has 2 unspecified atom stereocenters. The highest BCUT2D eigenvalue weighted by Gasteiger charge is 2.31. The molecule has 1 fully saturated rings. The molecular formula is C13H20N2O2S2. The number of sulfonamides is 1. The minimum absolute atomic E-state index is 0.0232. The summed E-state index contributed by atoms with van der Waals surface area (Å²) in [6.07, 6.45) is 4.81. The van der Waals surface area contributed by atoms with E-state index in [4.69, 9.17) is 5.73 Å². The number of benzene rings is 1. The Balaban J connectivity index is 2.23. The second-order valence-electron chi connectivity index (χ2n) is 4.81. The maximum Gasteiger partial charge on any atom is 0.241 e. The van der Waals surface area contributed by atoms with Crippen molar-refractivity contribution < 1.29 is 8.42 Å². The Morgan fingerprint density at radius 1 is 1.37 bits per heavy atom. The minimum atomic E-state index is -3.46. The van der Waals surface area contributed by atoms with Gasteiger partial charge < -0.3 is 5.73 Å². The lowest BCUT2D eigenvalue weighted by atomic mass is 10.1. The fourth-order valence-electron chi connectivity index (χ4n) is 2.58. The van der Waals surface area contributed by atoms with Crippen LogP contribution in [0.25, 0.3) is 0 Å². The molecule has 106 valence electrons. The molecule has 0 bridgehead atoms. The molecule has 0 amide bonds. The van der Waals surface area contributed by atoms with Gasteiger partial charge in [-0.05, 0) is 43.7 Å². The highest BCUT2D eigenvalue weighted by atomic mass is 32.2. The molecule has 1 aliphatic carbocycles. The second-order valence-corrected chi connectivity index (χ2v) is 7.34. The van der Waals surface area contributed by atoms with E-state index < -0.39 is 10.0 Å². The van der Waals surface area contributed by atoms with Gasteiger partial charge in [-0.1, -0.05) is 18.6 Å². The molecule has 0 spiro atoms. The molecule has 19 heavy (non-hydrogen) atoms. The summed E-state index contributed by atoms with van der Waals surface area (Å²) in [5, 5.41) is 0. The third kappa shape index (κ3) is 3.31. The summed E-state index contributed by atoms with van der Waals surface area (Å²) in [6, 6.07) is 7.06. The van der Waals surface area contributed by atoms with Gasteiger partial charge in [-0.2, -0.15) is 0 Å². The number of hydrogen-bond donors (Lipinski definition) is 2. The Morgan fingerprint density at radius 2 is 2.11 bits per heavy atom. The van der Waals surface area contributed by atoms with E-state index in [2.05, 4.69) is 4.72 Å². The third-order valence-electron chi connectivity index (χ3n) is 3.63. The van der Waals surface area contributed by atoms with Crippen LogP contribution in [0.5, 0.6) is 0 Å². The van der Waals surface area contributed by atoms with Gasteiger partial charge in [-0.25, -0.2) is 13.1 Å². The zero-order chi connectivity index (χ0) is 13.9. The van der Waals surface area contributed by atoms with Crippen molar-refractivity contribution in [2.45, 2.75) is 35.1 Å². The van der Waals surface area contributed by atoms with E-state index in [-0.39, 0.29) is 12.0 Å². The van der Waals surface area contributed by atoms with E-state index in [9.17, 15) is 8.42 Å². The standard InChI is InChI=1S/C13H20N2O2S2/c1-18-12-7-2-3-8-13(12)19(16,17)15-11-6-4-5-10(11)9-14/h2-3,7-8,10-11,15H,4-6,9,14H2,1H3. The number of hydrogen-bond acceptors (Lipinski definition) is 4. The lowest BCUT2D eigenvalue weighted by Crippen LogP contribution is -2.39. The first-order valence-corrected chi connectivity index (χ1v) is 9.14. The van der Waals surface area contributed by atoms with E-state index in [0.29, 0.717) is 11.4 Å². The van der Waals surface area contributed by atoms with Crippen molar-refractivity contribution in [1.29, 1.82) is 0 Å². The smallest absolute Gasteiger partial charge is 0.241 e. The molecule has 0 aliphatic heterocycles. The van der Waals surface area contributed by atoms with Gasteiger partial charge in [-0.3, -0.25) is 0 Å². The highest BCUT2D eigenvalue weighted by molar-refractivity contribution is 7.99. The van der Waals surface area contributed by atoms with Gasteiger partial charge in [0.25, 0.3) is 0 Å². The van der Waals surface area contributed by atoms with Crippen LogP contribution in [-0.4, -0.2) is 27.3 Å². The van der Waals surface area contributed by atoms with Crippen LogP contribution in [0.15, 0.2) is 34.1 Å². The number of nitrogens with one attached hydrogen (secondary N) is 1. The first-order chi connectivity index (χ1) is 9.08. The van der Waals surface area contributed by atoms with Gasteiger partial charge in [0.15, 0.2) is 0 Å². The first kappa shape index (κ1) is 14.8. The van der Waals surface area contributed by atoms with Crippen LogP contribution in [0.2, 0.25) is 0 Å². The van der Waals surface area contributed by atoms with Crippen LogP contribution in [0, 0.1) is 5.92 Å². The van der Waals surface area contributed by atoms with Crippen molar-refractivity contribution in [3.05, 3.63) is 24.3 Å². The van der Waals surface area contributed by atoms with E-state index in [0.717, 1.165) is 24.2 Å². The van der Waals surface area contributed by atoms with Gasteiger partial charge in [0.2, 0.25) is 10.0 Å². The fraction of sp³-hybridized carbons (Fsp3) is 0.538. The Labute approximate surface area is 119 Å². The van der Waals surface area contributed by atoms with Gasteiger partial charge in [0, 0.05) is 10.9 Å². The summed E-state index contributed by atoms with van der Waals surface area (Å²) in [7, 11) is -3.46. The van der Waals surface area contributed by atoms with Crippen molar-refractivity contribution in [1.82, 2.24) is 4.72 Å². The molecule has 6 heteroatoms. The summed E-state index contributed by atoms with van der Waals surface area (Å²) in [6.45, 7) is 0.539. The van der Waals surface area contributed by atoms with E-state index in [1.54, 1.807) is 12.1 Å². The Hall–Kier alpha value is -0.560. The molecule has 0 saturated heterocycles. The molecule has 1 saturated carbocycles. The predicted octanol–water partition coefficient (Wildman–Crippen LogP) is 1.81. The number of thioether (sulfide) groups is 1. The molecule has 1 aromatic rings. The Kier molecular flexibility index (Phi) is 4.89. The third-order valence-corrected chi connectivity index (χ3v) is 6.10. The topological polar surface area (TPSA) is 72.2 Å². The molecule has 0 aromatic heterocycles. The normalized spacial score (nSPS) is 23.7. The molecular weight excluding hydrogens is 280 g/mol. The molecule has 2 rings (SSSR count). The van der Waals surface area contributed by atoms with Crippen molar-refractivity contribution in [2.24, 2.45) is 11.7 Å². The summed E-state index contributed by atoms with van der Waals surface area (Å²) < 4.78 is 27.8. The van der Waals surface area contributed by atoms with Crippen LogP contribution in [0.4, 0.5) is 0 Å². The zero-order valence-corrected chi connectivity index (χ0v) is 12.6. The van der Waals surface area contributed by atoms with Gasteiger partial charge in [0.05, 0.1) is 4.90 Å². The lowest BCUT2D eigenvalue weighted by molar-refractivity contribution is 0.452. The summed E-state index contributed by atoms with van der Waals surface area (Å²) in [4.78, 5) is 1.14. The Morgan fingerprint density at radius 3 is 2.79 bits per heavy atom. The van der Waals surface area contributed by atoms with E-state index >= 15 is 0 Å². The molecule has 2 atom stereocenters. The second kappa shape index (κ2) is 6.26. The predicted molar refractivity (Wildman–Crippen MR) is 78.7 cm³/mol. The SMILES string of the molecule is CSc1ccccc1S(=O)(=O)NC1CCCC1CN. The molecule has 1 aliphatic rings. The van der Waals surface area contributed by atoms with Crippen molar-refractivity contribution in [2.75, 3.05) is 12.8 Å². The zero-order valence-electron chi connectivity index (χ0n) is 11.0. The summed E-state index contributed by atoms with van der Waals surface area (Å²) >= 11 is 1.44. The van der Waals surface area contributed by atoms with Gasteiger partial charge in [0.1, 0.15) is 0 Å². The van der Waals surface area contributed by atoms with Crippen molar-refractivity contribution in [3.63, 3.8) is 0 Å². The fourth-order valence-corrected chi connectivity index (χ4v) is 5.07. The van der Waals surface area contributed by atoms with Crippen LogP contribution < -0.4 is 10.5 Å². The first-order valence-electron chi connectivity index (χ1n) is 6.44. The molecule has 0 heterocycles. The minimum Gasteiger partial charge on any atom is -0.330 e. The van der Waals surface area contributed by atoms with Crippen molar-refractivity contribution >= 4 is 21.8 Å². The largest absolute Gasteiger partial charge is 0.330 e. The lowest BCUT2D eigenvalue weighted by Gasteiger charge is -2.20. The molecule has 3 N–H and O–H groups in total. The van der Waals surface area contributed by atoms with Gasteiger partial charge in [-0.15, -0.1) is 11.8 Å². The van der Waals surface area contributed by atoms with E-state index in [1.807, 2.05) is 18.4 Å². The number of nitrogens with two attached hydrogens (primary N) is 1.